The molecular weight excluding hydrogens is 550 g/mol. The van der Waals surface area contributed by atoms with Crippen LogP contribution in [0.2, 0.25) is 5.02 Å². The molecule has 0 bridgehead atoms. The summed E-state index contributed by atoms with van der Waals surface area (Å²) in [4.78, 5) is 36.3. The standard InChI is InChI=1S/C30H22ClN3O3S2/c1-17-26(22-5-3-4-6-24(22)32-17)25(35)16-39-30-33-28-27(23(15-38-28)18-7-9-19(31)10-8-18)29(36)34(30)20-11-13-21(37-2)14-12-20/h3-15,32H,16H2,1-2H3. The first-order valence-corrected chi connectivity index (χ1v) is 14.4. The number of thioether (sulfide) groups is 1. The Balaban J connectivity index is 1.45. The second-order valence-electron chi connectivity index (χ2n) is 8.95. The van der Waals surface area contributed by atoms with Crippen molar-refractivity contribution >= 4 is 61.6 Å². The maximum Gasteiger partial charge on any atom is 0.268 e. The van der Waals surface area contributed by atoms with Gasteiger partial charge < -0.3 is 9.72 Å². The predicted molar refractivity (Wildman–Crippen MR) is 160 cm³/mol. The Morgan fingerprint density at radius 1 is 1.08 bits per heavy atom. The molecule has 0 saturated carbocycles. The van der Waals surface area contributed by atoms with E-state index in [4.69, 9.17) is 21.3 Å². The molecule has 6 nitrogen and oxygen atoms in total. The molecule has 3 heterocycles. The van der Waals surface area contributed by atoms with Gasteiger partial charge in [0.1, 0.15) is 10.6 Å². The lowest BCUT2D eigenvalue weighted by Gasteiger charge is -2.13. The van der Waals surface area contributed by atoms with Crippen molar-refractivity contribution in [1.29, 1.82) is 0 Å². The largest absolute Gasteiger partial charge is 0.497 e. The van der Waals surface area contributed by atoms with Gasteiger partial charge in [0.15, 0.2) is 10.9 Å². The topological polar surface area (TPSA) is 77.0 Å². The SMILES string of the molecule is COc1ccc(-n2c(SCC(=O)c3c(C)[nH]c4ccccc34)nc3scc(-c4ccc(Cl)cc4)c3c2=O)cc1. The number of Topliss-reactive ketones (excluding diaryl/α,β-unsaturated/α-hetero) is 1. The van der Waals surface area contributed by atoms with Crippen molar-refractivity contribution in [2.45, 2.75) is 12.1 Å². The van der Waals surface area contributed by atoms with Gasteiger partial charge in [-0.05, 0) is 55.0 Å². The molecule has 0 spiro atoms. The van der Waals surface area contributed by atoms with Gasteiger partial charge >= 0.3 is 0 Å². The highest BCUT2D eigenvalue weighted by atomic mass is 35.5. The second kappa shape index (κ2) is 10.4. The van der Waals surface area contributed by atoms with Crippen molar-refractivity contribution < 1.29 is 9.53 Å². The molecule has 3 aromatic carbocycles. The van der Waals surface area contributed by atoms with Gasteiger partial charge in [0.05, 0.1) is 23.9 Å². The number of nitrogens with zero attached hydrogens (tertiary/aromatic N) is 2. The molecule has 1 N–H and O–H groups in total. The average molecular weight is 572 g/mol. The number of rotatable bonds is 7. The van der Waals surface area contributed by atoms with Gasteiger partial charge in [-0.15, -0.1) is 11.3 Å². The molecule has 0 unspecified atom stereocenters. The van der Waals surface area contributed by atoms with E-state index in [1.165, 1.54) is 23.1 Å². The fourth-order valence-corrected chi connectivity index (χ4v) is 6.71. The Morgan fingerprint density at radius 2 is 1.82 bits per heavy atom. The van der Waals surface area contributed by atoms with Crippen molar-refractivity contribution in [3.05, 3.63) is 105 Å². The van der Waals surface area contributed by atoms with E-state index in [1.54, 1.807) is 35.9 Å². The summed E-state index contributed by atoms with van der Waals surface area (Å²) in [5.41, 5.74) is 4.54. The van der Waals surface area contributed by atoms with Crippen LogP contribution in [-0.2, 0) is 0 Å². The zero-order chi connectivity index (χ0) is 27.1. The van der Waals surface area contributed by atoms with E-state index >= 15 is 0 Å². The van der Waals surface area contributed by atoms with E-state index < -0.39 is 0 Å². The summed E-state index contributed by atoms with van der Waals surface area (Å²) in [6.45, 7) is 1.90. The average Bonchev–Trinajstić information content (AvgIpc) is 3.53. The smallest absolute Gasteiger partial charge is 0.268 e. The lowest BCUT2D eigenvalue weighted by Crippen LogP contribution is -2.22. The summed E-state index contributed by atoms with van der Waals surface area (Å²) < 4.78 is 6.89. The third-order valence-corrected chi connectivity index (χ3v) is 8.63. The number of methoxy groups -OCH3 is 1. The third kappa shape index (κ3) is 4.65. The second-order valence-corrected chi connectivity index (χ2v) is 11.2. The zero-order valence-electron chi connectivity index (χ0n) is 21.0. The fraction of sp³-hybridized carbons (Fsp3) is 0.100. The van der Waals surface area contributed by atoms with E-state index in [9.17, 15) is 9.59 Å². The summed E-state index contributed by atoms with van der Waals surface area (Å²) in [6.07, 6.45) is 0. The normalized spacial score (nSPS) is 11.4. The number of aromatic amines is 1. The van der Waals surface area contributed by atoms with Crippen LogP contribution in [0, 0.1) is 6.92 Å². The molecule has 0 aliphatic carbocycles. The van der Waals surface area contributed by atoms with E-state index in [0.29, 0.717) is 37.4 Å². The predicted octanol–water partition coefficient (Wildman–Crippen LogP) is 7.54. The monoisotopic (exact) mass is 571 g/mol. The third-order valence-electron chi connectivity index (χ3n) is 6.57. The lowest BCUT2D eigenvalue weighted by atomic mass is 10.1. The molecule has 0 fully saturated rings. The molecule has 9 heteroatoms. The van der Waals surface area contributed by atoms with Gasteiger partial charge in [-0.2, -0.15) is 0 Å². The zero-order valence-corrected chi connectivity index (χ0v) is 23.4. The minimum Gasteiger partial charge on any atom is -0.497 e. The summed E-state index contributed by atoms with van der Waals surface area (Å²) in [6, 6.07) is 22.4. The minimum absolute atomic E-state index is 0.0291. The number of carbonyl (C=O) groups is 1. The summed E-state index contributed by atoms with van der Waals surface area (Å²) in [5, 5.41) is 4.44. The summed E-state index contributed by atoms with van der Waals surface area (Å²) in [7, 11) is 1.60. The molecule has 0 radical (unpaired) electrons. The van der Waals surface area contributed by atoms with Gasteiger partial charge in [0, 0.05) is 38.1 Å². The number of halogens is 1. The Morgan fingerprint density at radius 3 is 2.56 bits per heavy atom. The molecule has 0 aliphatic rings. The molecule has 194 valence electrons. The molecule has 0 amide bonds. The summed E-state index contributed by atoms with van der Waals surface area (Å²) >= 11 is 8.76. The number of hydrogen-bond donors (Lipinski definition) is 1. The molecule has 0 aliphatic heterocycles. The van der Waals surface area contributed by atoms with Crippen LogP contribution in [0.4, 0.5) is 0 Å². The molecular formula is C30H22ClN3O3S2. The molecule has 0 saturated heterocycles. The first kappa shape index (κ1) is 25.4. The van der Waals surface area contributed by atoms with Crippen LogP contribution in [-0.4, -0.2) is 33.2 Å². The van der Waals surface area contributed by atoms with Crippen molar-refractivity contribution in [2.24, 2.45) is 0 Å². The Hall–Kier alpha value is -3.85. The van der Waals surface area contributed by atoms with Crippen molar-refractivity contribution in [3.63, 3.8) is 0 Å². The number of hydrogen-bond acceptors (Lipinski definition) is 6. The number of ketones is 1. The maximum atomic E-state index is 14.1. The number of nitrogens with one attached hydrogen (secondary N) is 1. The minimum atomic E-state index is -0.199. The van der Waals surface area contributed by atoms with Gasteiger partial charge in [0.25, 0.3) is 5.56 Å². The first-order chi connectivity index (χ1) is 18.9. The van der Waals surface area contributed by atoms with Crippen molar-refractivity contribution in [3.8, 4) is 22.6 Å². The maximum absolute atomic E-state index is 14.1. The lowest BCUT2D eigenvalue weighted by molar-refractivity contribution is 0.102. The number of ether oxygens (including phenoxy) is 1. The van der Waals surface area contributed by atoms with E-state index in [0.717, 1.165) is 27.7 Å². The van der Waals surface area contributed by atoms with Crippen LogP contribution < -0.4 is 10.3 Å². The quantitative estimate of drug-likeness (QED) is 0.122. The van der Waals surface area contributed by atoms with E-state index in [1.807, 2.05) is 60.8 Å². The van der Waals surface area contributed by atoms with Crippen LogP contribution in [0.3, 0.4) is 0 Å². The summed E-state index contributed by atoms with van der Waals surface area (Å²) in [5.74, 6) is 0.780. The number of carbonyl (C=O) groups excluding carboxylic acids is 1. The van der Waals surface area contributed by atoms with E-state index in [-0.39, 0.29) is 17.1 Å². The number of para-hydroxylation sites is 1. The highest BCUT2D eigenvalue weighted by Crippen LogP contribution is 2.34. The number of benzene rings is 3. The number of H-pyrrole nitrogens is 1. The van der Waals surface area contributed by atoms with Crippen LogP contribution in [0.25, 0.3) is 37.9 Å². The Labute approximate surface area is 237 Å². The van der Waals surface area contributed by atoms with Crippen LogP contribution in [0.1, 0.15) is 16.1 Å². The fourth-order valence-electron chi connectivity index (χ4n) is 4.71. The van der Waals surface area contributed by atoms with Crippen molar-refractivity contribution in [1.82, 2.24) is 14.5 Å². The van der Waals surface area contributed by atoms with E-state index in [2.05, 4.69) is 4.98 Å². The first-order valence-electron chi connectivity index (χ1n) is 12.1. The Kier molecular flexibility index (Phi) is 6.76. The van der Waals surface area contributed by atoms with Gasteiger partial charge in [-0.25, -0.2) is 4.98 Å². The van der Waals surface area contributed by atoms with Crippen LogP contribution >= 0.6 is 34.7 Å². The molecule has 3 aromatic heterocycles. The van der Waals surface area contributed by atoms with Crippen molar-refractivity contribution in [2.75, 3.05) is 12.9 Å². The number of fused-ring (bicyclic) bond motifs is 2. The number of aromatic nitrogens is 3. The van der Waals surface area contributed by atoms with Crippen LogP contribution in [0.15, 0.2) is 88.1 Å². The molecule has 6 aromatic rings. The highest BCUT2D eigenvalue weighted by Gasteiger charge is 2.21. The van der Waals surface area contributed by atoms with Gasteiger partial charge in [0.2, 0.25) is 0 Å². The highest BCUT2D eigenvalue weighted by molar-refractivity contribution is 7.99. The molecule has 6 rings (SSSR count). The Bertz CT molecular complexity index is 1910. The number of aryl methyl sites for hydroxylation is 1. The van der Waals surface area contributed by atoms with Crippen LogP contribution in [0.5, 0.6) is 5.75 Å². The number of thiophene rings is 1. The van der Waals surface area contributed by atoms with Gasteiger partial charge in [-0.3, -0.25) is 14.2 Å². The van der Waals surface area contributed by atoms with Gasteiger partial charge in [-0.1, -0.05) is 53.7 Å². The molecule has 39 heavy (non-hydrogen) atoms. The molecule has 0 atom stereocenters.